The van der Waals surface area contributed by atoms with Crippen LogP contribution in [0.25, 0.3) is 0 Å². The molecular weight excluding hydrogens is 596 g/mol. The molecule has 3 N–H and O–H groups in total. The third-order valence-electron chi connectivity index (χ3n) is 8.34. The van der Waals surface area contributed by atoms with E-state index in [1.165, 1.54) is 30.3 Å². The molecule has 0 bridgehead atoms. The molecule has 5 atom stereocenters. The van der Waals surface area contributed by atoms with Crippen LogP contribution in [0.4, 0.5) is 4.39 Å². The van der Waals surface area contributed by atoms with Crippen LogP contribution in [-0.4, -0.2) is 150 Å². The van der Waals surface area contributed by atoms with E-state index >= 15 is 4.39 Å². The van der Waals surface area contributed by atoms with Crippen molar-refractivity contribution < 1.29 is 38.5 Å². The average molecular weight is 622 g/mol. The number of nitrogens with zero attached hydrogens (tertiary/aromatic N) is 2. The molecule has 2 amide bonds. The third-order valence-corrected chi connectivity index (χ3v) is 8.34. The summed E-state index contributed by atoms with van der Waals surface area (Å²) in [5.74, 6) is -3.58. The lowest BCUT2D eigenvalue weighted by atomic mass is 9.52. The fourth-order valence-corrected chi connectivity index (χ4v) is 5.89. The third kappa shape index (κ3) is 6.36. The number of halogens is 1. The van der Waals surface area contributed by atoms with Gasteiger partial charge >= 0.3 is 0 Å². The maximum Gasteiger partial charge on any atom is 0.254 e. The predicted octanol–water partition coefficient (Wildman–Crippen LogP) is -3.16. The van der Waals surface area contributed by atoms with Crippen LogP contribution in [0.2, 0.25) is 0 Å². The van der Waals surface area contributed by atoms with E-state index in [0.29, 0.717) is 18.0 Å². The lowest BCUT2D eigenvalue weighted by Crippen LogP contribution is -2.73. The molecule has 4 rings (SSSR count). The van der Waals surface area contributed by atoms with Crippen molar-refractivity contribution in [3.8, 4) is 5.75 Å². The molecule has 2 aromatic rings. The zero-order chi connectivity index (χ0) is 35.5. The second kappa shape index (κ2) is 12.5. The minimum absolute atomic E-state index is 0.192. The summed E-state index contributed by atoms with van der Waals surface area (Å²) in [5.41, 5.74) is -7.42. The number of rotatable bonds is 10. The number of carbonyl (C=O) groups excluding carboxylic acids is 3. The predicted molar refractivity (Wildman–Crippen MR) is 176 cm³/mol. The van der Waals surface area contributed by atoms with Crippen molar-refractivity contribution in [2.24, 2.45) is 0 Å². The van der Waals surface area contributed by atoms with E-state index in [2.05, 4.69) is 5.32 Å². The summed E-state index contributed by atoms with van der Waals surface area (Å²) < 4.78 is 27.0. The molecule has 47 heavy (non-hydrogen) atoms. The first-order valence-electron chi connectivity index (χ1n) is 14.3. The Morgan fingerprint density at radius 2 is 1.70 bits per heavy atom. The number of aliphatic hydroxyl groups is 2. The highest BCUT2D eigenvalue weighted by molar-refractivity contribution is 6.44. The molecule has 16 radical (unpaired) electrons. The highest BCUT2D eigenvalue weighted by Gasteiger charge is 2.58. The molecule has 0 saturated carbocycles. The Morgan fingerprint density at radius 3 is 2.26 bits per heavy atom. The van der Waals surface area contributed by atoms with Gasteiger partial charge in [0.25, 0.3) is 5.91 Å². The maximum atomic E-state index is 15.4. The highest BCUT2D eigenvalue weighted by Crippen LogP contribution is 2.45. The summed E-state index contributed by atoms with van der Waals surface area (Å²) in [5, 5.41) is 16.8. The normalized spacial score (nSPS) is 23.2. The van der Waals surface area contributed by atoms with Gasteiger partial charge in [-0.05, 0) is 48.3 Å². The molecule has 2 aromatic carbocycles. The Morgan fingerprint density at radius 1 is 1.11 bits per heavy atom. The molecular formula is C28H26B8FN3O7. The summed E-state index contributed by atoms with van der Waals surface area (Å²) in [6.07, 6.45) is -0.721. The van der Waals surface area contributed by atoms with Crippen molar-refractivity contribution in [3.05, 3.63) is 64.5 Å². The number of amides is 2. The topological polar surface area (TPSA) is 129 Å². The number of carbonyl (C=O) groups is 3. The Kier molecular flexibility index (Phi) is 9.87. The number of morpholine rings is 1. The van der Waals surface area contributed by atoms with Gasteiger partial charge in [-0.2, -0.15) is 0 Å². The fraction of sp³-hybridized carbons (Fsp3) is 0.464. The average Bonchev–Trinajstić information content (AvgIpc) is 3.17. The molecule has 0 aliphatic carbocycles. The van der Waals surface area contributed by atoms with Gasteiger partial charge in [0.05, 0.1) is 60.0 Å². The molecule has 2 aliphatic heterocycles. The molecule has 1 fully saturated rings. The second-order valence-corrected chi connectivity index (χ2v) is 12.0. The lowest BCUT2D eigenvalue weighted by Gasteiger charge is -2.49. The monoisotopic (exact) mass is 623 g/mol. The van der Waals surface area contributed by atoms with Crippen LogP contribution in [0.15, 0.2) is 36.4 Å². The molecule has 10 nitrogen and oxygen atoms in total. The lowest BCUT2D eigenvalue weighted by molar-refractivity contribution is -0.147. The molecule has 0 aromatic heterocycles. The van der Waals surface area contributed by atoms with Gasteiger partial charge in [0.2, 0.25) is 5.91 Å². The summed E-state index contributed by atoms with van der Waals surface area (Å²) in [4.78, 5) is 40.4. The number of benzene rings is 2. The Balaban J connectivity index is 1.77. The van der Waals surface area contributed by atoms with Gasteiger partial charge in [-0.1, -0.05) is 18.2 Å². The number of nitrogens with one attached hydrogen (secondary N) is 1. The zero-order valence-corrected chi connectivity index (χ0v) is 26.0. The Bertz CT molecular complexity index is 1570. The van der Waals surface area contributed by atoms with Gasteiger partial charge in [0, 0.05) is 36.8 Å². The van der Waals surface area contributed by atoms with Crippen molar-refractivity contribution >= 4 is 80.9 Å². The van der Waals surface area contributed by atoms with Crippen LogP contribution >= 0.6 is 0 Å². The molecule has 2 heterocycles. The van der Waals surface area contributed by atoms with E-state index in [1.54, 1.807) is 4.90 Å². The van der Waals surface area contributed by atoms with Crippen molar-refractivity contribution in [2.75, 3.05) is 20.1 Å². The second-order valence-electron chi connectivity index (χ2n) is 12.0. The molecule has 226 valence electrons. The molecule has 2 aliphatic rings. The number of fused-ring (bicyclic) bond motifs is 1. The fourth-order valence-electron chi connectivity index (χ4n) is 5.89. The van der Waals surface area contributed by atoms with Gasteiger partial charge < -0.3 is 39.6 Å². The van der Waals surface area contributed by atoms with Crippen molar-refractivity contribution in [1.82, 2.24) is 15.1 Å². The molecule has 0 spiro atoms. The van der Waals surface area contributed by atoms with Crippen LogP contribution in [0.3, 0.4) is 0 Å². The van der Waals surface area contributed by atoms with Crippen LogP contribution in [0.1, 0.15) is 40.9 Å². The summed E-state index contributed by atoms with van der Waals surface area (Å²) in [6.45, 7) is 4.46. The summed E-state index contributed by atoms with van der Waals surface area (Å²) >= 11 is 0. The number of aldehydes is 1. The Labute approximate surface area is 283 Å². The molecule has 19 heteroatoms. The van der Waals surface area contributed by atoms with E-state index in [-0.39, 0.29) is 40.9 Å². The van der Waals surface area contributed by atoms with E-state index in [0.717, 1.165) is 13.1 Å². The van der Waals surface area contributed by atoms with Gasteiger partial charge in [-0.25, -0.2) is 4.39 Å². The molecule has 1 saturated heterocycles. The number of hydrogen-bond acceptors (Lipinski definition) is 8. The van der Waals surface area contributed by atoms with Gasteiger partial charge in [0.15, 0.2) is 0 Å². The minimum atomic E-state index is -3.35. The van der Waals surface area contributed by atoms with Crippen LogP contribution in [-0.2, 0) is 30.4 Å². The number of likely N-dealkylation sites (N-methyl/N-ethyl adjacent to an activating group) is 1. The highest BCUT2D eigenvalue weighted by atomic mass is 19.1. The van der Waals surface area contributed by atoms with Gasteiger partial charge in [-0.3, -0.25) is 9.59 Å². The molecule has 5 unspecified atom stereocenters. The SMILES string of the molecule is [B]C([B])(Oc1cccc2c1C([B])([B])N(C(C(=O)NC)C([B])(O)C([B])(O)C=O)C2=O)c1cc(C([B])([B])N2CC(C)OC(C)C2)ccc1F. The standard InChI is InChI=1S/C28H26B8FN3O7/c1-13-10-39(11-14(2)46-13)26(31,32)15-7-8-18(37)17(9-15)28(35,36)47-19-6-4-5-16-20(19)27(33,34)40(23(16)43)21(22(42)38-3)25(30,45)24(29,44)12-41/h4-9,12-14,21,44-45H,10-11H2,1-3H3,(H,38,42). The first-order chi connectivity index (χ1) is 21.5. The number of ether oxygens (including phenoxy) is 2. The van der Waals surface area contributed by atoms with Crippen molar-refractivity contribution in [3.63, 3.8) is 0 Å². The van der Waals surface area contributed by atoms with Gasteiger partial charge in [0.1, 0.15) is 55.3 Å². The van der Waals surface area contributed by atoms with E-state index in [9.17, 15) is 24.6 Å². The van der Waals surface area contributed by atoms with E-state index < -0.39 is 56.3 Å². The van der Waals surface area contributed by atoms with E-state index in [4.69, 9.17) is 72.2 Å². The van der Waals surface area contributed by atoms with Crippen molar-refractivity contribution in [2.45, 2.75) is 59.2 Å². The first-order valence-corrected chi connectivity index (χ1v) is 14.3. The van der Waals surface area contributed by atoms with Crippen LogP contribution in [0.5, 0.6) is 5.75 Å². The van der Waals surface area contributed by atoms with E-state index in [1.807, 2.05) is 13.8 Å². The minimum Gasteiger partial charge on any atom is -0.502 e. The zero-order valence-electron chi connectivity index (χ0n) is 26.0. The quantitative estimate of drug-likeness (QED) is 0.187. The largest absolute Gasteiger partial charge is 0.502 e. The smallest absolute Gasteiger partial charge is 0.254 e. The van der Waals surface area contributed by atoms with Crippen molar-refractivity contribution in [1.29, 1.82) is 0 Å². The number of hydrogen-bond donors (Lipinski definition) is 3. The van der Waals surface area contributed by atoms with Gasteiger partial charge in [-0.15, -0.1) is 0 Å². The van der Waals surface area contributed by atoms with Crippen LogP contribution in [0, 0.1) is 5.82 Å². The van der Waals surface area contributed by atoms with Crippen LogP contribution < -0.4 is 10.1 Å². The first kappa shape index (κ1) is 37.0. The summed E-state index contributed by atoms with van der Waals surface area (Å²) in [7, 11) is 51.0. The Hall–Kier alpha value is -2.86. The summed E-state index contributed by atoms with van der Waals surface area (Å²) in [6, 6.07) is 5.09. The maximum absolute atomic E-state index is 15.4.